The van der Waals surface area contributed by atoms with Crippen LogP contribution in [-0.2, 0) is 6.54 Å². The third-order valence-electron chi connectivity index (χ3n) is 5.77. The zero-order chi connectivity index (χ0) is 24.4. The predicted octanol–water partition coefficient (Wildman–Crippen LogP) is 6.43. The average molecular weight is 484 g/mol. The van der Waals surface area contributed by atoms with Gasteiger partial charge in [-0.25, -0.2) is 4.98 Å². The fourth-order valence-electron chi connectivity index (χ4n) is 3.97. The maximum absolute atomic E-state index is 12.4. The number of phenolic OH excluding ortho intramolecular Hbond substituents is 1. The summed E-state index contributed by atoms with van der Waals surface area (Å²) < 4.78 is 5.43. The van der Waals surface area contributed by atoms with E-state index in [1.807, 2.05) is 60.7 Å². The number of fused-ring (bicyclic) bond motifs is 2. The largest absolute Gasteiger partial charge is 0.508 e. The molecule has 0 atom stereocenters. The predicted molar refractivity (Wildman–Crippen MR) is 140 cm³/mol. The van der Waals surface area contributed by atoms with E-state index in [4.69, 9.17) is 21.3 Å². The molecule has 0 saturated heterocycles. The quantitative estimate of drug-likeness (QED) is 0.191. The van der Waals surface area contributed by atoms with E-state index in [1.54, 1.807) is 31.4 Å². The van der Waals surface area contributed by atoms with Crippen LogP contribution >= 0.6 is 11.6 Å². The average Bonchev–Trinajstić information content (AvgIpc) is 2.88. The SMILES string of the molecule is COc1ccc2nc3cc(Cl)ccc3c(Nc3ccc(O)c(CNC(=O)c4ccccc4)c3)c2c1. The van der Waals surface area contributed by atoms with E-state index in [0.717, 1.165) is 33.2 Å². The Labute approximate surface area is 207 Å². The highest BCUT2D eigenvalue weighted by Gasteiger charge is 2.13. The second kappa shape index (κ2) is 9.52. The summed E-state index contributed by atoms with van der Waals surface area (Å²) in [7, 11) is 1.62. The van der Waals surface area contributed by atoms with Gasteiger partial charge < -0.3 is 20.5 Å². The van der Waals surface area contributed by atoms with Crippen LogP contribution in [0.5, 0.6) is 11.5 Å². The lowest BCUT2D eigenvalue weighted by Gasteiger charge is -2.16. The number of phenols is 1. The normalized spacial score (nSPS) is 10.9. The van der Waals surface area contributed by atoms with E-state index < -0.39 is 0 Å². The Morgan fingerprint density at radius 1 is 0.943 bits per heavy atom. The molecule has 1 heterocycles. The Hall–Kier alpha value is -4.29. The Morgan fingerprint density at radius 2 is 1.77 bits per heavy atom. The van der Waals surface area contributed by atoms with Gasteiger partial charge in [0.15, 0.2) is 0 Å². The highest BCUT2D eigenvalue weighted by Crippen LogP contribution is 2.36. The number of carbonyl (C=O) groups is 1. The summed E-state index contributed by atoms with van der Waals surface area (Å²) in [5.74, 6) is 0.603. The topological polar surface area (TPSA) is 83.5 Å². The van der Waals surface area contributed by atoms with Crippen LogP contribution in [0.25, 0.3) is 21.8 Å². The molecule has 1 amide bonds. The zero-order valence-electron chi connectivity index (χ0n) is 18.9. The van der Waals surface area contributed by atoms with Gasteiger partial charge in [-0.15, -0.1) is 0 Å². The number of methoxy groups -OCH3 is 1. The Balaban J connectivity index is 1.51. The molecule has 0 aliphatic heterocycles. The second-order valence-corrected chi connectivity index (χ2v) is 8.48. The van der Waals surface area contributed by atoms with Crippen molar-refractivity contribution in [2.75, 3.05) is 12.4 Å². The van der Waals surface area contributed by atoms with Crippen LogP contribution in [0.3, 0.4) is 0 Å². The lowest BCUT2D eigenvalue weighted by Crippen LogP contribution is -2.22. The van der Waals surface area contributed by atoms with E-state index >= 15 is 0 Å². The van der Waals surface area contributed by atoms with Crippen molar-refractivity contribution in [3.8, 4) is 11.5 Å². The summed E-state index contributed by atoms with van der Waals surface area (Å²) in [6.45, 7) is 0.177. The molecule has 0 aliphatic rings. The van der Waals surface area contributed by atoms with Crippen molar-refractivity contribution in [2.24, 2.45) is 0 Å². The molecule has 0 radical (unpaired) electrons. The van der Waals surface area contributed by atoms with Crippen LogP contribution in [0.2, 0.25) is 5.02 Å². The maximum atomic E-state index is 12.4. The minimum absolute atomic E-state index is 0.0989. The minimum atomic E-state index is -0.210. The van der Waals surface area contributed by atoms with Crippen LogP contribution in [-0.4, -0.2) is 23.1 Å². The number of rotatable bonds is 6. The molecule has 5 rings (SSSR count). The number of halogens is 1. The molecule has 1 aromatic heterocycles. The molecule has 0 unspecified atom stereocenters. The van der Waals surface area contributed by atoms with Gasteiger partial charge in [-0.2, -0.15) is 0 Å². The van der Waals surface area contributed by atoms with Crippen molar-refractivity contribution in [2.45, 2.75) is 6.54 Å². The highest BCUT2D eigenvalue weighted by atomic mass is 35.5. The fourth-order valence-corrected chi connectivity index (χ4v) is 4.14. The first-order chi connectivity index (χ1) is 17.0. The smallest absolute Gasteiger partial charge is 0.251 e. The number of anilines is 2. The van der Waals surface area contributed by atoms with Gasteiger partial charge in [-0.1, -0.05) is 29.8 Å². The van der Waals surface area contributed by atoms with Crippen molar-refractivity contribution in [1.82, 2.24) is 10.3 Å². The van der Waals surface area contributed by atoms with E-state index in [0.29, 0.717) is 21.9 Å². The van der Waals surface area contributed by atoms with Crippen LogP contribution < -0.4 is 15.4 Å². The molecule has 0 aliphatic carbocycles. The number of benzene rings is 4. The molecule has 5 aromatic rings. The third-order valence-corrected chi connectivity index (χ3v) is 6.00. The Morgan fingerprint density at radius 3 is 2.57 bits per heavy atom. The van der Waals surface area contributed by atoms with Crippen LogP contribution in [0.1, 0.15) is 15.9 Å². The number of hydrogen-bond acceptors (Lipinski definition) is 5. The fraction of sp³-hybridized carbons (Fsp3) is 0.0714. The van der Waals surface area contributed by atoms with Gasteiger partial charge in [0, 0.05) is 39.2 Å². The van der Waals surface area contributed by atoms with E-state index in [2.05, 4.69) is 10.6 Å². The summed E-state index contributed by atoms with van der Waals surface area (Å²) in [4.78, 5) is 17.2. The molecule has 0 saturated carbocycles. The molecule has 6 nitrogen and oxygen atoms in total. The number of carbonyl (C=O) groups excluding carboxylic acids is 1. The van der Waals surface area contributed by atoms with Crippen molar-refractivity contribution in [3.63, 3.8) is 0 Å². The molecule has 35 heavy (non-hydrogen) atoms. The van der Waals surface area contributed by atoms with Crippen molar-refractivity contribution in [3.05, 3.63) is 101 Å². The molecule has 0 bridgehead atoms. The molecular formula is C28H22ClN3O3. The zero-order valence-corrected chi connectivity index (χ0v) is 19.6. The molecule has 174 valence electrons. The first kappa shape index (κ1) is 22.5. The van der Waals surface area contributed by atoms with E-state index in [-0.39, 0.29) is 18.2 Å². The lowest BCUT2D eigenvalue weighted by atomic mass is 10.1. The summed E-state index contributed by atoms with van der Waals surface area (Å²) in [6.07, 6.45) is 0. The number of aromatic nitrogens is 1. The number of ether oxygens (including phenoxy) is 1. The number of aromatic hydroxyl groups is 1. The monoisotopic (exact) mass is 483 g/mol. The number of pyridine rings is 1. The van der Waals surface area contributed by atoms with Gasteiger partial charge in [0.25, 0.3) is 5.91 Å². The molecule has 0 fully saturated rings. The van der Waals surface area contributed by atoms with Gasteiger partial charge in [-0.05, 0) is 66.7 Å². The summed E-state index contributed by atoms with van der Waals surface area (Å²) >= 11 is 6.23. The summed E-state index contributed by atoms with van der Waals surface area (Å²) in [6, 6.07) is 25.4. The van der Waals surface area contributed by atoms with Gasteiger partial charge in [0.1, 0.15) is 11.5 Å². The van der Waals surface area contributed by atoms with Gasteiger partial charge in [-0.3, -0.25) is 4.79 Å². The van der Waals surface area contributed by atoms with Gasteiger partial charge in [0.2, 0.25) is 0 Å². The first-order valence-electron chi connectivity index (χ1n) is 11.0. The van der Waals surface area contributed by atoms with Gasteiger partial charge in [0.05, 0.1) is 23.8 Å². The van der Waals surface area contributed by atoms with Crippen LogP contribution in [0.15, 0.2) is 84.9 Å². The highest BCUT2D eigenvalue weighted by molar-refractivity contribution is 6.31. The van der Waals surface area contributed by atoms with Crippen LogP contribution in [0.4, 0.5) is 11.4 Å². The number of nitrogens with zero attached hydrogens (tertiary/aromatic N) is 1. The van der Waals surface area contributed by atoms with Crippen molar-refractivity contribution < 1.29 is 14.6 Å². The standard InChI is InChI=1S/C28H22ClN3O3/c1-35-21-9-11-24-23(15-21)27(22-10-7-19(29)14-25(22)32-24)31-20-8-12-26(33)18(13-20)16-30-28(34)17-5-3-2-4-6-17/h2-15,33H,16H2,1H3,(H,30,34)(H,31,32). The molecule has 7 heteroatoms. The second-order valence-electron chi connectivity index (χ2n) is 8.05. The van der Waals surface area contributed by atoms with Crippen LogP contribution in [0, 0.1) is 0 Å². The number of hydrogen-bond donors (Lipinski definition) is 3. The van der Waals surface area contributed by atoms with Crippen molar-refractivity contribution in [1.29, 1.82) is 0 Å². The maximum Gasteiger partial charge on any atom is 0.251 e. The van der Waals surface area contributed by atoms with Crippen molar-refractivity contribution >= 4 is 50.7 Å². The summed E-state index contributed by atoms with van der Waals surface area (Å²) in [5, 5.41) is 19.1. The molecule has 0 spiro atoms. The molecule has 4 aromatic carbocycles. The first-order valence-corrected chi connectivity index (χ1v) is 11.4. The number of nitrogens with one attached hydrogen (secondary N) is 2. The van der Waals surface area contributed by atoms with E-state index in [9.17, 15) is 9.90 Å². The molecule has 3 N–H and O–H groups in total. The lowest BCUT2D eigenvalue weighted by molar-refractivity contribution is 0.0950. The minimum Gasteiger partial charge on any atom is -0.508 e. The third kappa shape index (κ3) is 4.69. The molecular weight excluding hydrogens is 462 g/mol. The Kier molecular flexibility index (Phi) is 6.12. The summed E-state index contributed by atoms with van der Waals surface area (Å²) in [5.41, 5.74) is 4.28. The van der Waals surface area contributed by atoms with Gasteiger partial charge >= 0.3 is 0 Å². The van der Waals surface area contributed by atoms with E-state index in [1.165, 1.54) is 0 Å². The Bertz CT molecular complexity index is 1550. The number of amides is 1.